The van der Waals surface area contributed by atoms with Crippen LogP contribution >= 0.6 is 0 Å². The first kappa shape index (κ1) is 11.5. The number of ether oxygens (including phenoxy) is 1. The minimum Gasteiger partial charge on any atom is -0.508 e. The lowest BCUT2D eigenvalue weighted by Gasteiger charge is -2.09. The Bertz CT molecular complexity index is 738. The van der Waals surface area contributed by atoms with Gasteiger partial charge in [-0.2, -0.15) is 0 Å². The third-order valence-electron chi connectivity index (χ3n) is 3.11. The van der Waals surface area contributed by atoms with Crippen LogP contribution in [-0.4, -0.2) is 17.2 Å². The van der Waals surface area contributed by atoms with Gasteiger partial charge in [0.1, 0.15) is 17.0 Å². The average Bonchev–Trinajstić information content (AvgIpc) is 2.46. The fraction of sp³-hybridized carbons (Fsp3) is 0.0625. The van der Waals surface area contributed by atoms with Gasteiger partial charge in [0.15, 0.2) is 0 Å². The molecule has 19 heavy (non-hydrogen) atoms. The lowest BCUT2D eigenvalue weighted by Crippen LogP contribution is -1.89. The topological polar surface area (TPSA) is 42.4 Å². The lowest BCUT2D eigenvalue weighted by atomic mass is 10.0. The maximum Gasteiger partial charge on any atom is 0.145 e. The predicted octanol–water partition coefficient (Wildman–Crippen LogP) is 3.62. The number of phenolic OH excluding ortho intramolecular Hbond substituents is 1. The summed E-state index contributed by atoms with van der Waals surface area (Å²) in [5, 5.41) is 10.6. The van der Waals surface area contributed by atoms with Crippen LogP contribution in [0.15, 0.2) is 54.7 Å². The van der Waals surface area contributed by atoms with E-state index in [-0.39, 0.29) is 5.75 Å². The second-order valence-corrected chi connectivity index (χ2v) is 4.27. The van der Waals surface area contributed by atoms with Crippen LogP contribution < -0.4 is 4.74 Å². The van der Waals surface area contributed by atoms with Crippen LogP contribution in [0.1, 0.15) is 0 Å². The number of pyridine rings is 1. The van der Waals surface area contributed by atoms with Gasteiger partial charge in [0, 0.05) is 11.6 Å². The number of benzene rings is 2. The molecular weight excluding hydrogens is 238 g/mol. The van der Waals surface area contributed by atoms with Crippen LogP contribution in [0.25, 0.3) is 22.0 Å². The Kier molecular flexibility index (Phi) is 2.80. The molecule has 3 heteroatoms. The highest BCUT2D eigenvalue weighted by Gasteiger charge is 2.08. The van der Waals surface area contributed by atoms with Gasteiger partial charge in [0.2, 0.25) is 0 Å². The Morgan fingerprint density at radius 1 is 1.05 bits per heavy atom. The fourth-order valence-electron chi connectivity index (χ4n) is 2.24. The summed E-state index contributed by atoms with van der Waals surface area (Å²) >= 11 is 0. The SMILES string of the molecule is COc1cccc2c(-c3cccc(O)c3)ccnc12. The maximum atomic E-state index is 9.61. The van der Waals surface area contributed by atoms with E-state index in [0.717, 1.165) is 27.8 Å². The van der Waals surface area contributed by atoms with Crippen molar-refractivity contribution in [2.45, 2.75) is 0 Å². The van der Waals surface area contributed by atoms with E-state index in [1.165, 1.54) is 0 Å². The number of methoxy groups -OCH3 is 1. The summed E-state index contributed by atoms with van der Waals surface area (Å²) in [7, 11) is 1.64. The molecule has 0 fully saturated rings. The standard InChI is InChI=1S/C16H13NO2/c1-19-15-7-3-6-14-13(8-9-17-16(14)15)11-4-2-5-12(18)10-11/h2-10,18H,1H3. The highest BCUT2D eigenvalue weighted by Crippen LogP contribution is 2.32. The predicted molar refractivity (Wildman–Crippen MR) is 75.4 cm³/mol. The minimum atomic E-state index is 0.255. The number of aromatic nitrogens is 1. The molecule has 2 aromatic carbocycles. The molecule has 3 aromatic rings. The van der Waals surface area contributed by atoms with Crippen LogP contribution in [0.3, 0.4) is 0 Å². The zero-order valence-electron chi connectivity index (χ0n) is 10.5. The van der Waals surface area contributed by atoms with E-state index in [2.05, 4.69) is 4.98 Å². The van der Waals surface area contributed by atoms with Gasteiger partial charge < -0.3 is 9.84 Å². The third-order valence-corrected chi connectivity index (χ3v) is 3.11. The first-order valence-electron chi connectivity index (χ1n) is 6.01. The van der Waals surface area contributed by atoms with Crippen molar-refractivity contribution in [1.82, 2.24) is 4.98 Å². The van der Waals surface area contributed by atoms with Crippen molar-refractivity contribution in [3.05, 3.63) is 54.7 Å². The largest absolute Gasteiger partial charge is 0.508 e. The third kappa shape index (κ3) is 1.99. The molecular formula is C16H13NO2. The molecule has 0 saturated heterocycles. The van der Waals surface area contributed by atoms with Crippen molar-refractivity contribution >= 4 is 10.9 Å². The first-order chi connectivity index (χ1) is 9.29. The number of hydrogen-bond acceptors (Lipinski definition) is 3. The highest BCUT2D eigenvalue weighted by atomic mass is 16.5. The summed E-state index contributed by atoms with van der Waals surface area (Å²) in [5.41, 5.74) is 2.81. The van der Waals surface area contributed by atoms with E-state index in [1.807, 2.05) is 36.4 Å². The quantitative estimate of drug-likeness (QED) is 0.756. The van der Waals surface area contributed by atoms with Crippen molar-refractivity contribution in [3.8, 4) is 22.6 Å². The Hall–Kier alpha value is -2.55. The monoisotopic (exact) mass is 251 g/mol. The molecule has 0 aliphatic rings. The number of aromatic hydroxyl groups is 1. The smallest absolute Gasteiger partial charge is 0.145 e. The Balaban J connectivity index is 2.30. The van der Waals surface area contributed by atoms with Crippen molar-refractivity contribution < 1.29 is 9.84 Å². The van der Waals surface area contributed by atoms with Gasteiger partial charge in [-0.15, -0.1) is 0 Å². The number of fused-ring (bicyclic) bond motifs is 1. The number of nitrogens with zero attached hydrogens (tertiary/aromatic N) is 1. The molecule has 1 N–H and O–H groups in total. The van der Waals surface area contributed by atoms with Gasteiger partial charge in [-0.1, -0.05) is 24.3 Å². The van der Waals surface area contributed by atoms with Crippen LogP contribution in [0.4, 0.5) is 0 Å². The molecule has 0 aliphatic carbocycles. The maximum absolute atomic E-state index is 9.61. The van der Waals surface area contributed by atoms with E-state index in [9.17, 15) is 5.11 Å². The molecule has 0 bridgehead atoms. The van der Waals surface area contributed by atoms with Gasteiger partial charge in [-0.25, -0.2) is 0 Å². The summed E-state index contributed by atoms with van der Waals surface area (Å²) in [6.07, 6.45) is 1.75. The van der Waals surface area contributed by atoms with E-state index in [4.69, 9.17) is 4.74 Å². The number of rotatable bonds is 2. The van der Waals surface area contributed by atoms with E-state index in [1.54, 1.807) is 25.4 Å². The normalized spacial score (nSPS) is 10.6. The zero-order valence-corrected chi connectivity index (χ0v) is 10.5. The van der Waals surface area contributed by atoms with E-state index < -0.39 is 0 Å². The molecule has 0 radical (unpaired) electrons. The van der Waals surface area contributed by atoms with Gasteiger partial charge in [-0.05, 0) is 35.4 Å². The van der Waals surface area contributed by atoms with Crippen LogP contribution in [-0.2, 0) is 0 Å². The molecule has 0 amide bonds. The Morgan fingerprint density at radius 2 is 1.89 bits per heavy atom. The second-order valence-electron chi connectivity index (χ2n) is 4.27. The van der Waals surface area contributed by atoms with Crippen LogP contribution in [0, 0.1) is 0 Å². The Labute approximate surface area is 111 Å². The lowest BCUT2D eigenvalue weighted by molar-refractivity contribution is 0.419. The zero-order chi connectivity index (χ0) is 13.2. The van der Waals surface area contributed by atoms with Crippen LogP contribution in [0.2, 0.25) is 0 Å². The van der Waals surface area contributed by atoms with Gasteiger partial charge in [0.25, 0.3) is 0 Å². The molecule has 0 saturated carbocycles. The molecule has 1 aromatic heterocycles. The summed E-state index contributed by atoms with van der Waals surface area (Å²) in [6.45, 7) is 0. The molecule has 94 valence electrons. The van der Waals surface area contributed by atoms with Gasteiger partial charge in [0.05, 0.1) is 7.11 Å². The summed E-state index contributed by atoms with van der Waals surface area (Å²) in [6, 6.07) is 15.0. The van der Waals surface area contributed by atoms with Crippen molar-refractivity contribution in [2.75, 3.05) is 7.11 Å². The van der Waals surface area contributed by atoms with Gasteiger partial charge >= 0.3 is 0 Å². The molecule has 1 heterocycles. The first-order valence-corrected chi connectivity index (χ1v) is 6.01. The molecule has 0 atom stereocenters. The summed E-state index contributed by atoms with van der Waals surface area (Å²) < 4.78 is 5.33. The number of para-hydroxylation sites is 1. The van der Waals surface area contributed by atoms with Crippen molar-refractivity contribution in [3.63, 3.8) is 0 Å². The number of phenols is 1. The van der Waals surface area contributed by atoms with E-state index >= 15 is 0 Å². The summed E-state index contributed by atoms with van der Waals surface area (Å²) in [4.78, 5) is 4.37. The minimum absolute atomic E-state index is 0.255. The van der Waals surface area contributed by atoms with Gasteiger partial charge in [-0.3, -0.25) is 4.98 Å². The van der Waals surface area contributed by atoms with E-state index in [0.29, 0.717) is 0 Å². The van der Waals surface area contributed by atoms with Crippen molar-refractivity contribution in [2.24, 2.45) is 0 Å². The number of hydrogen-bond donors (Lipinski definition) is 1. The summed E-state index contributed by atoms with van der Waals surface area (Å²) in [5.74, 6) is 1.00. The fourth-order valence-corrected chi connectivity index (χ4v) is 2.24. The van der Waals surface area contributed by atoms with Crippen LogP contribution in [0.5, 0.6) is 11.5 Å². The molecule has 3 nitrogen and oxygen atoms in total. The van der Waals surface area contributed by atoms with Crippen molar-refractivity contribution in [1.29, 1.82) is 0 Å². The highest BCUT2D eigenvalue weighted by molar-refractivity contribution is 5.97. The molecule has 0 unspecified atom stereocenters. The average molecular weight is 251 g/mol. The second kappa shape index (κ2) is 4.61. The molecule has 3 rings (SSSR count). The Morgan fingerprint density at radius 3 is 2.68 bits per heavy atom. The molecule has 0 aliphatic heterocycles. The molecule has 0 spiro atoms.